The SMILES string of the molecule is OC(Cn1cncn1)(Cn1c2ccc(Br)cc2c2cc(Br)ccc21)c1ccc(F)cc1. The molecule has 0 saturated heterocycles. The fourth-order valence-corrected chi connectivity index (χ4v) is 4.78. The minimum atomic E-state index is -1.35. The molecule has 0 bridgehead atoms. The van der Waals surface area contributed by atoms with Crippen molar-refractivity contribution < 1.29 is 9.50 Å². The fourth-order valence-electron chi connectivity index (χ4n) is 4.06. The summed E-state index contributed by atoms with van der Waals surface area (Å²) >= 11 is 7.13. The number of hydrogen-bond donors (Lipinski definition) is 1. The Bertz CT molecular complexity index is 1320. The molecule has 0 aliphatic carbocycles. The van der Waals surface area contributed by atoms with Gasteiger partial charge in [-0.1, -0.05) is 44.0 Å². The van der Waals surface area contributed by atoms with E-state index in [4.69, 9.17) is 0 Å². The van der Waals surface area contributed by atoms with E-state index in [9.17, 15) is 9.50 Å². The molecule has 0 aliphatic heterocycles. The van der Waals surface area contributed by atoms with Crippen molar-refractivity contribution in [2.75, 3.05) is 0 Å². The van der Waals surface area contributed by atoms with Crippen molar-refractivity contribution in [3.8, 4) is 0 Å². The number of halogens is 3. The van der Waals surface area contributed by atoms with Crippen molar-refractivity contribution in [3.63, 3.8) is 0 Å². The van der Waals surface area contributed by atoms with Gasteiger partial charge in [-0.3, -0.25) is 0 Å². The van der Waals surface area contributed by atoms with Crippen molar-refractivity contribution in [2.45, 2.75) is 18.7 Å². The van der Waals surface area contributed by atoms with E-state index in [0.717, 1.165) is 30.8 Å². The zero-order valence-corrected chi connectivity index (χ0v) is 19.4. The van der Waals surface area contributed by atoms with E-state index < -0.39 is 5.60 Å². The Labute approximate surface area is 194 Å². The Morgan fingerprint density at radius 1 is 0.871 bits per heavy atom. The van der Waals surface area contributed by atoms with Crippen LogP contribution in [0, 0.1) is 5.82 Å². The van der Waals surface area contributed by atoms with Crippen LogP contribution < -0.4 is 0 Å². The maximum absolute atomic E-state index is 13.6. The topological polar surface area (TPSA) is 55.9 Å². The molecule has 1 atom stereocenters. The molecule has 0 fully saturated rings. The molecule has 1 N–H and O–H groups in total. The van der Waals surface area contributed by atoms with Crippen LogP contribution in [0.2, 0.25) is 0 Å². The van der Waals surface area contributed by atoms with Gasteiger partial charge in [-0.15, -0.1) is 0 Å². The molecule has 2 aromatic heterocycles. The first-order chi connectivity index (χ1) is 14.9. The lowest BCUT2D eigenvalue weighted by Gasteiger charge is -2.30. The molecule has 5 nitrogen and oxygen atoms in total. The van der Waals surface area contributed by atoms with Gasteiger partial charge in [0, 0.05) is 30.8 Å². The van der Waals surface area contributed by atoms with Gasteiger partial charge in [0.1, 0.15) is 24.1 Å². The Hall–Kier alpha value is -2.55. The Kier molecular flexibility index (Phi) is 5.16. The molecule has 2 heterocycles. The van der Waals surface area contributed by atoms with Gasteiger partial charge in [0.05, 0.1) is 13.1 Å². The van der Waals surface area contributed by atoms with Gasteiger partial charge in [0.2, 0.25) is 0 Å². The first-order valence-electron chi connectivity index (χ1n) is 9.61. The summed E-state index contributed by atoms with van der Waals surface area (Å²) in [7, 11) is 0. The van der Waals surface area contributed by atoms with Crippen LogP contribution in [0.4, 0.5) is 4.39 Å². The number of benzene rings is 3. The standard InChI is InChI=1S/C23H17Br2FN4O/c24-16-3-7-21-19(9-16)20-10-17(25)4-8-22(20)30(21)12-23(31,11-29-14-27-13-28-29)15-1-5-18(26)6-2-15/h1-10,13-14,31H,11-12H2. The van der Waals surface area contributed by atoms with Crippen molar-refractivity contribution >= 4 is 53.7 Å². The zero-order valence-electron chi connectivity index (χ0n) is 16.2. The fraction of sp³-hybridized carbons (Fsp3) is 0.130. The van der Waals surface area contributed by atoms with Crippen molar-refractivity contribution in [1.29, 1.82) is 0 Å². The van der Waals surface area contributed by atoms with E-state index in [2.05, 4.69) is 58.6 Å². The van der Waals surface area contributed by atoms with Gasteiger partial charge in [0.25, 0.3) is 0 Å². The molecule has 8 heteroatoms. The highest BCUT2D eigenvalue weighted by atomic mass is 79.9. The van der Waals surface area contributed by atoms with Gasteiger partial charge >= 0.3 is 0 Å². The summed E-state index contributed by atoms with van der Waals surface area (Å²) < 4.78 is 19.3. The monoisotopic (exact) mass is 542 g/mol. The van der Waals surface area contributed by atoms with E-state index in [-0.39, 0.29) is 18.9 Å². The molecular weight excluding hydrogens is 527 g/mol. The van der Waals surface area contributed by atoms with Gasteiger partial charge in [-0.25, -0.2) is 14.1 Å². The quantitative estimate of drug-likeness (QED) is 0.312. The number of hydrogen-bond acceptors (Lipinski definition) is 3. The van der Waals surface area contributed by atoms with Crippen molar-refractivity contribution in [1.82, 2.24) is 19.3 Å². The number of aromatic nitrogens is 4. The summed E-state index contributed by atoms with van der Waals surface area (Å²) in [6, 6.07) is 18.2. The molecule has 0 aliphatic rings. The lowest BCUT2D eigenvalue weighted by Crippen LogP contribution is -2.36. The molecular formula is C23H17Br2FN4O. The number of nitrogens with zero attached hydrogens (tertiary/aromatic N) is 4. The Morgan fingerprint density at radius 3 is 2.03 bits per heavy atom. The van der Waals surface area contributed by atoms with E-state index >= 15 is 0 Å². The summed E-state index contributed by atoms with van der Waals surface area (Å²) in [6.07, 6.45) is 3.00. The highest BCUT2D eigenvalue weighted by molar-refractivity contribution is 9.10. The molecule has 156 valence electrons. The molecule has 5 aromatic rings. The third kappa shape index (κ3) is 3.79. The Morgan fingerprint density at radius 2 is 1.48 bits per heavy atom. The van der Waals surface area contributed by atoms with Crippen LogP contribution >= 0.6 is 31.9 Å². The normalized spacial score (nSPS) is 13.7. The average Bonchev–Trinajstić information content (AvgIpc) is 3.35. The van der Waals surface area contributed by atoms with Crippen LogP contribution in [-0.2, 0) is 18.7 Å². The average molecular weight is 544 g/mol. The summed E-state index contributed by atoms with van der Waals surface area (Å²) in [5.74, 6) is -0.349. The van der Waals surface area contributed by atoms with Crippen LogP contribution in [0.15, 0.2) is 82.3 Å². The maximum Gasteiger partial charge on any atom is 0.137 e. The largest absolute Gasteiger partial charge is 0.381 e. The highest BCUT2D eigenvalue weighted by Crippen LogP contribution is 2.36. The van der Waals surface area contributed by atoms with Crippen LogP contribution in [0.25, 0.3) is 21.8 Å². The molecule has 0 radical (unpaired) electrons. The molecule has 0 amide bonds. The molecule has 0 spiro atoms. The van der Waals surface area contributed by atoms with Gasteiger partial charge in [-0.05, 0) is 54.1 Å². The van der Waals surface area contributed by atoms with Gasteiger partial charge in [-0.2, -0.15) is 5.10 Å². The van der Waals surface area contributed by atoms with Crippen LogP contribution in [0.3, 0.4) is 0 Å². The predicted molar refractivity (Wildman–Crippen MR) is 125 cm³/mol. The highest BCUT2D eigenvalue weighted by Gasteiger charge is 2.32. The second-order valence-corrected chi connectivity index (χ2v) is 9.37. The smallest absolute Gasteiger partial charge is 0.137 e. The second kappa shape index (κ2) is 7.85. The minimum absolute atomic E-state index is 0.173. The van der Waals surface area contributed by atoms with Crippen LogP contribution in [0.5, 0.6) is 0 Å². The van der Waals surface area contributed by atoms with E-state index in [1.807, 2.05) is 24.3 Å². The molecule has 0 saturated carbocycles. The predicted octanol–water partition coefficient (Wildman–Crippen LogP) is 5.64. The summed E-state index contributed by atoms with van der Waals surface area (Å²) in [5.41, 5.74) is 1.25. The number of rotatable bonds is 5. The third-order valence-electron chi connectivity index (χ3n) is 5.48. The Balaban J connectivity index is 1.71. The number of fused-ring (bicyclic) bond motifs is 3. The zero-order chi connectivity index (χ0) is 21.6. The summed E-state index contributed by atoms with van der Waals surface area (Å²) in [4.78, 5) is 3.99. The van der Waals surface area contributed by atoms with E-state index in [0.29, 0.717) is 5.56 Å². The third-order valence-corrected chi connectivity index (χ3v) is 6.47. The summed E-state index contributed by atoms with van der Waals surface area (Å²) in [6.45, 7) is 0.425. The first kappa shape index (κ1) is 20.4. The van der Waals surface area contributed by atoms with Crippen LogP contribution in [-0.4, -0.2) is 24.4 Å². The summed E-state index contributed by atoms with van der Waals surface area (Å²) in [5, 5.41) is 18.2. The first-order valence-corrected chi connectivity index (χ1v) is 11.2. The second-order valence-electron chi connectivity index (χ2n) is 7.54. The van der Waals surface area contributed by atoms with Gasteiger partial charge < -0.3 is 9.67 Å². The molecule has 3 aromatic carbocycles. The maximum atomic E-state index is 13.6. The van der Waals surface area contributed by atoms with E-state index in [1.165, 1.54) is 18.5 Å². The van der Waals surface area contributed by atoms with E-state index in [1.54, 1.807) is 23.1 Å². The van der Waals surface area contributed by atoms with Crippen molar-refractivity contribution in [2.24, 2.45) is 0 Å². The lowest BCUT2D eigenvalue weighted by molar-refractivity contribution is -0.000221. The molecule has 31 heavy (non-hydrogen) atoms. The molecule has 1 unspecified atom stereocenters. The lowest BCUT2D eigenvalue weighted by atomic mass is 9.93. The van der Waals surface area contributed by atoms with Crippen molar-refractivity contribution in [3.05, 3.63) is 93.6 Å². The molecule has 5 rings (SSSR count). The van der Waals surface area contributed by atoms with Crippen LogP contribution in [0.1, 0.15) is 5.56 Å². The number of aliphatic hydroxyl groups is 1. The van der Waals surface area contributed by atoms with Gasteiger partial charge in [0.15, 0.2) is 0 Å². The minimum Gasteiger partial charge on any atom is -0.381 e.